The standard InChI is InChI=1S/C18H25FN6O3S/c1-4-28-18-23-16(20-13-7-9-25(10-8-13)29(3,26)27)22-17(24-18)21-14-5-6-15(19)12(2)11-14/h5-6,11,13H,4,7-10H2,1-3H3,(H2,20,21,22,23,24). The number of hydrogen-bond acceptors (Lipinski definition) is 8. The molecule has 1 saturated heterocycles. The minimum atomic E-state index is -3.18. The SMILES string of the molecule is CCOc1nc(Nc2ccc(F)c(C)c2)nc(NC2CCN(S(C)(=O)=O)CC2)n1. The highest BCUT2D eigenvalue weighted by Gasteiger charge is 2.25. The summed E-state index contributed by atoms with van der Waals surface area (Å²) in [6, 6.07) is 4.83. The summed E-state index contributed by atoms with van der Waals surface area (Å²) in [6.45, 7) is 4.79. The third kappa shape index (κ3) is 5.73. The molecule has 0 saturated carbocycles. The van der Waals surface area contributed by atoms with E-state index >= 15 is 0 Å². The molecule has 1 aromatic heterocycles. The van der Waals surface area contributed by atoms with Crippen LogP contribution in [0.1, 0.15) is 25.3 Å². The van der Waals surface area contributed by atoms with Gasteiger partial charge in [-0.25, -0.2) is 17.1 Å². The highest BCUT2D eigenvalue weighted by molar-refractivity contribution is 7.88. The van der Waals surface area contributed by atoms with Crippen LogP contribution in [-0.4, -0.2) is 59.7 Å². The molecule has 2 N–H and O–H groups in total. The van der Waals surface area contributed by atoms with Crippen molar-refractivity contribution in [2.24, 2.45) is 0 Å². The topological polar surface area (TPSA) is 109 Å². The number of halogens is 1. The molecule has 0 radical (unpaired) electrons. The van der Waals surface area contributed by atoms with Gasteiger partial charge in [-0.3, -0.25) is 0 Å². The van der Waals surface area contributed by atoms with E-state index in [9.17, 15) is 12.8 Å². The Hall–Kier alpha value is -2.53. The minimum Gasteiger partial charge on any atom is -0.464 e. The summed E-state index contributed by atoms with van der Waals surface area (Å²) < 4.78 is 43.7. The van der Waals surface area contributed by atoms with Gasteiger partial charge < -0.3 is 15.4 Å². The van der Waals surface area contributed by atoms with Crippen molar-refractivity contribution in [3.63, 3.8) is 0 Å². The number of piperidine rings is 1. The monoisotopic (exact) mass is 424 g/mol. The summed E-state index contributed by atoms with van der Waals surface area (Å²) >= 11 is 0. The van der Waals surface area contributed by atoms with E-state index in [-0.39, 0.29) is 23.8 Å². The molecule has 9 nitrogen and oxygen atoms in total. The second kappa shape index (κ2) is 8.87. The van der Waals surface area contributed by atoms with Crippen molar-refractivity contribution in [1.82, 2.24) is 19.3 Å². The Morgan fingerprint density at radius 2 is 1.90 bits per heavy atom. The lowest BCUT2D eigenvalue weighted by Crippen LogP contribution is -2.42. The molecule has 3 rings (SSSR count). The molecule has 1 aliphatic heterocycles. The van der Waals surface area contributed by atoms with Crippen molar-refractivity contribution in [3.8, 4) is 6.01 Å². The first-order valence-corrected chi connectivity index (χ1v) is 11.2. The fraction of sp³-hybridized carbons (Fsp3) is 0.500. The van der Waals surface area contributed by atoms with E-state index in [2.05, 4.69) is 25.6 Å². The number of benzene rings is 1. The van der Waals surface area contributed by atoms with Crippen LogP contribution in [0.25, 0.3) is 0 Å². The van der Waals surface area contributed by atoms with Crippen LogP contribution >= 0.6 is 0 Å². The largest absolute Gasteiger partial charge is 0.464 e. The number of hydrogen-bond donors (Lipinski definition) is 2. The number of ether oxygens (including phenoxy) is 1. The summed E-state index contributed by atoms with van der Waals surface area (Å²) in [5.41, 5.74) is 1.15. The number of aryl methyl sites for hydroxylation is 1. The fourth-order valence-corrected chi connectivity index (χ4v) is 3.91. The number of anilines is 3. The van der Waals surface area contributed by atoms with E-state index in [4.69, 9.17) is 4.74 Å². The molecule has 1 fully saturated rings. The average molecular weight is 425 g/mol. The molecular formula is C18H25FN6O3S. The molecule has 1 aromatic carbocycles. The van der Waals surface area contributed by atoms with Gasteiger partial charge in [0.2, 0.25) is 21.9 Å². The van der Waals surface area contributed by atoms with Crippen LogP contribution in [0.15, 0.2) is 18.2 Å². The van der Waals surface area contributed by atoms with Gasteiger partial charge in [-0.15, -0.1) is 0 Å². The Kier molecular flexibility index (Phi) is 6.48. The molecule has 2 aromatic rings. The van der Waals surface area contributed by atoms with Crippen molar-refractivity contribution in [2.45, 2.75) is 32.7 Å². The van der Waals surface area contributed by atoms with Gasteiger partial charge in [-0.1, -0.05) is 0 Å². The molecule has 158 valence electrons. The first-order chi connectivity index (χ1) is 13.7. The van der Waals surface area contributed by atoms with Crippen molar-refractivity contribution in [3.05, 3.63) is 29.6 Å². The second-order valence-corrected chi connectivity index (χ2v) is 8.85. The van der Waals surface area contributed by atoms with Gasteiger partial charge in [0.15, 0.2) is 0 Å². The zero-order valence-corrected chi connectivity index (χ0v) is 17.5. The zero-order chi connectivity index (χ0) is 21.0. The van der Waals surface area contributed by atoms with E-state index < -0.39 is 10.0 Å². The van der Waals surface area contributed by atoms with Crippen molar-refractivity contribution in [2.75, 3.05) is 36.6 Å². The molecule has 11 heteroatoms. The highest BCUT2D eigenvalue weighted by Crippen LogP contribution is 2.21. The predicted octanol–water partition coefficient (Wildman–Crippen LogP) is 2.30. The molecule has 0 bridgehead atoms. The molecule has 0 aliphatic carbocycles. The molecule has 1 aliphatic rings. The molecular weight excluding hydrogens is 399 g/mol. The molecule has 2 heterocycles. The zero-order valence-electron chi connectivity index (χ0n) is 16.6. The van der Waals surface area contributed by atoms with Gasteiger partial charge in [-0.2, -0.15) is 15.0 Å². The number of sulfonamides is 1. The molecule has 0 unspecified atom stereocenters. The van der Waals surface area contributed by atoms with E-state index in [1.54, 1.807) is 19.1 Å². The Labute approximate surface area is 169 Å². The lowest BCUT2D eigenvalue weighted by atomic mass is 10.1. The van der Waals surface area contributed by atoms with E-state index in [1.165, 1.54) is 16.6 Å². The lowest BCUT2D eigenvalue weighted by Gasteiger charge is -2.30. The Morgan fingerprint density at radius 3 is 2.52 bits per heavy atom. The molecule has 29 heavy (non-hydrogen) atoms. The van der Waals surface area contributed by atoms with Crippen LogP contribution in [-0.2, 0) is 10.0 Å². The first kappa shape index (κ1) is 21.2. The Morgan fingerprint density at radius 1 is 1.21 bits per heavy atom. The number of rotatable bonds is 7. The maximum atomic E-state index is 13.5. The number of nitrogens with zero attached hydrogens (tertiary/aromatic N) is 4. The summed E-state index contributed by atoms with van der Waals surface area (Å²) in [6.07, 6.45) is 2.50. The van der Waals surface area contributed by atoms with Crippen LogP contribution in [0.5, 0.6) is 6.01 Å². The maximum absolute atomic E-state index is 13.5. The van der Waals surface area contributed by atoms with Gasteiger partial charge in [-0.05, 0) is 50.5 Å². The van der Waals surface area contributed by atoms with Gasteiger partial charge in [0, 0.05) is 24.8 Å². The first-order valence-electron chi connectivity index (χ1n) is 9.38. The Bertz CT molecular complexity index is 964. The molecule has 0 atom stereocenters. The maximum Gasteiger partial charge on any atom is 0.323 e. The normalized spacial score (nSPS) is 15.9. The number of nitrogens with one attached hydrogen (secondary N) is 2. The van der Waals surface area contributed by atoms with Crippen LogP contribution in [0.4, 0.5) is 22.0 Å². The van der Waals surface area contributed by atoms with Gasteiger partial charge >= 0.3 is 6.01 Å². The quantitative estimate of drug-likeness (QED) is 0.697. The van der Waals surface area contributed by atoms with Gasteiger partial charge in [0.05, 0.1) is 12.9 Å². The third-order valence-corrected chi connectivity index (χ3v) is 5.86. The van der Waals surface area contributed by atoms with Crippen LogP contribution < -0.4 is 15.4 Å². The summed E-state index contributed by atoms with van der Waals surface area (Å²) in [5.74, 6) is 0.317. The van der Waals surface area contributed by atoms with Crippen molar-refractivity contribution >= 4 is 27.6 Å². The summed E-state index contributed by atoms with van der Waals surface area (Å²) in [7, 11) is -3.18. The minimum absolute atomic E-state index is 0.0331. The third-order valence-electron chi connectivity index (χ3n) is 4.56. The van der Waals surface area contributed by atoms with E-state index in [1.807, 2.05) is 6.92 Å². The van der Waals surface area contributed by atoms with Gasteiger partial charge in [0.1, 0.15) is 5.82 Å². The Balaban J connectivity index is 1.74. The van der Waals surface area contributed by atoms with Crippen LogP contribution in [0.3, 0.4) is 0 Å². The summed E-state index contributed by atoms with van der Waals surface area (Å²) in [5, 5.41) is 6.27. The van der Waals surface area contributed by atoms with E-state index in [0.717, 1.165) is 0 Å². The lowest BCUT2D eigenvalue weighted by molar-refractivity contribution is 0.311. The molecule has 0 spiro atoms. The second-order valence-electron chi connectivity index (χ2n) is 6.87. The molecule has 0 amide bonds. The van der Waals surface area contributed by atoms with Crippen molar-refractivity contribution in [1.29, 1.82) is 0 Å². The smallest absolute Gasteiger partial charge is 0.323 e. The van der Waals surface area contributed by atoms with Gasteiger partial charge in [0.25, 0.3) is 0 Å². The summed E-state index contributed by atoms with van der Waals surface area (Å²) in [4.78, 5) is 12.9. The highest BCUT2D eigenvalue weighted by atomic mass is 32.2. The van der Waals surface area contributed by atoms with Crippen LogP contribution in [0.2, 0.25) is 0 Å². The van der Waals surface area contributed by atoms with E-state index in [0.29, 0.717) is 49.7 Å². The number of aromatic nitrogens is 3. The fourth-order valence-electron chi connectivity index (χ4n) is 3.04. The average Bonchev–Trinajstić information content (AvgIpc) is 2.65. The van der Waals surface area contributed by atoms with Crippen molar-refractivity contribution < 1.29 is 17.5 Å². The predicted molar refractivity (Wildman–Crippen MR) is 108 cm³/mol. The van der Waals surface area contributed by atoms with Crippen LogP contribution in [0, 0.1) is 12.7 Å².